The van der Waals surface area contributed by atoms with E-state index >= 15 is 0 Å². The van der Waals surface area contributed by atoms with Crippen LogP contribution in [0.15, 0.2) is 45.5 Å². The van der Waals surface area contributed by atoms with Gasteiger partial charge in [-0.05, 0) is 50.1 Å². The third-order valence-corrected chi connectivity index (χ3v) is 3.13. The Balaban J connectivity index is 2.31. The van der Waals surface area contributed by atoms with Gasteiger partial charge in [0.2, 0.25) is 5.88 Å². The lowest BCUT2D eigenvalue weighted by Gasteiger charge is -2.07. The van der Waals surface area contributed by atoms with E-state index in [1.807, 2.05) is 18.2 Å². The zero-order valence-corrected chi connectivity index (χ0v) is 11.9. The van der Waals surface area contributed by atoms with E-state index in [1.165, 1.54) is 0 Å². The van der Waals surface area contributed by atoms with Gasteiger partial charge in [-0.15, -0.1) is 0 Å². The summed E-state index contributed by atoms with van der Waals surface area (Å²) < 4.78 is 7.23. The van der Waals surface area contributed by atoms with Gasteiger partial charge in [-0.1, -0.05) is 23.7 Å². The molecule has 1 heterocycles. The van der Waals surface area contributed by atoms with Crippen molar-refractivity contribution in [2.75, 3.05) is 0 Å². The molecule has 0 atom stereocenters. The molecule has 0 aliphatic carbocycles. The van der Waals surface area contributed by atoms with Crippen LogP contribution >= 0.6 is 43.5 Å². The molecule has 16 heavy (non-hydrogen) atoms. The molecular weight excluding hydrogens is 357 g/mol. The highest BCUT2D eigenvalue weighted by atomic mass is 79.9. The largest absolute Gasteiger partial charge is 0.436 e. The van der Waals surface area contributed by atoms with Crippen molar-refractivity contribution in [2.45, 2.75) is 0 Å². The molecule has 2 nitrogen and oxygen atoms in total. The Morgan fingerprint density at radius 1 is 1.19 bits per heavy atom. The second-order valence-electron chi connectivity index (χ2n) is 2.97. The molecule has 0 saturated heterocycles. The number of ether oxygens (including phenoxy) is 1. The number of hydrogen-bond acceptors (Lipinski definition) is 2. The fraction of sp³-hybridized carbons (Fsp3) is 0. The fourth-order valence-corrected chi connectivity index (χ4v) is 2.35. The smallest absolute Gasteiger partial charge is 0.233 e. The van der Waals surface area contributed by atoms with Gasteiger partial charge in [0.25, 0.3) is 0 Å². The number of hydrogen-bond donors (Lipinski definition) is 0. The van der Waals surface area contributed by atoms with Gasteiger partial charge < -0.3 is 4.74 Å². The normalized spacial score (nSPS) is 10.2. The van der Waals surface area contributed by atoms with Gasteiger partial charge in [0.1, 0.15) is 5.75 Å². The highest BCUT2D eigenvalue weighted by molar-refractivity contribution is 9.11. The van der Waals surface area contributed by atoms with E-state index in [0.717, 1.165) is 8.95 Å². The predicted molar refractivity (Wildman–Crippen MR) is 71.2 cm³/mol. The topological polar surface area (TPSA) is 22.1 Å². The van der Waals surface area contributed by atoms with E-state index in [4.69, 9.17) is 16.3 Å². The van der Waals surface area contributed by atoms with Gasteiger partial charge in [0, 0.05) is 10.7 Å². The van der Waals surface area contributed by atoms with Crippen LogP contribution in [0, 0.1) is 0 Å². The van der Waals surface area contributed by atoms with E-state index in [1.54, 1.807) is 18.3 Å². The average Bonchev–Trinajstić information content (AvgIpc) is 2.25. The summed E-state index contributed by atoms with van der Waals surface area (Å²) in [6.07, 6.45) is 1.66. The second-order valence-corrected chi connectivity index (χ2v) is 5.15. The molecular formula is C11H6Br2ClNO. The molecule has 1 aromatic heterocycles. The Morgan fingerprint density at radius 3 is 2.62 bits per heavy atom. The number of para-hydroxylation sites is 1. The minimum Gasteiger partial charge on any atom is -0.436 e. The van der Waals surface area contributed by atoms with E-state index in [9.17, 15) is 0 Å². The maximum Gasteiger partial charge on any atom is 0.233 e. The average molecular weight is 363 g/mol. The summed E-state index contributed by atoms with van der Waals surface area (Å²) in [7, 11) is 0. The van der Waals surface area contributed by atoms with Gasteiger partial charge in [0.15, 0.2) is 0 Å². The first-order valence-electron chi connectivity index (χ1n) is 4.40. The molecule has 2 aromatic rings. The third-order valence-electron chi connectivity index (χ3n) is 1.82. The van der Waals surface area contributed by atoms with E-state index in [2.05, 4.69) is 36.8 Å². The second kappa shape index (κ2) is 5.17. The molecule has 0 aliphatic rings. The number of rotatable bonds is 2. The van der Waals surface area contributed by atoms with Crippen LogP contribution in [0.4, 0.5) is 0 Å². The Kier molecular flexibility index (Phi) is 3.84. The van der Waals surface area contributed by atoms with Gasteiger partial charge >= 0.3 is 0 Å². The molecule has 2 rings (SSSR count). The van der Waals surface area contributed by atoms with E-state index in [0.29, 0.717) is 16.7 Å². The highest BCUT2D eigenvalue weighted by Gasteiger charge is 2.07. The van der Waals surface area contributed by atoms with Gasteiger partial charge in [-0.2, -0.15) is 0 Å². The molecule has 0 unspecified atom stereocenters. The molecule has 0 radical (unpaired) electrons. The van der Waals surface area contributed by atoms with Crippen molar-refractivity contribution >= 4 is 43.5 Å². The predicted octanol–water partition coefficient (Wildman–Crippen LogP) is 5.05. The van der Waals surface area contributed by atoms with Crippen molar-refractivity contribution in [1.82, 2.24) is 4.98 Å². The summed E-state index contributed by atoms with van der Waals surface area (Å²) in [5, 5.41) is 0.555. The maximum absolute atomic E-state index is 5.98. The minimum absolute atomic E-state index is 0.483. The molecule has 5 heteroatoms. The van der Waals surface area contributed by atoms with Crippen molar-refractivity contribution in [1.29, 1.82) is 0 Å². The first-order chi connectivity index (χ1) is 7.66. The lowest BCUT2D eigenvalue weighted by atomic mass is 10.3. The Morgan fingerprint density at radius 2 is 1.94 bits per heavy atom. The summed E-state index contributed by atoms with van der Waals surface area (Å²) in [5.41, 5.74) is 0. The number of nitrogens with zero attached hydrogens (tertiary/aromatic N) is 1. The lowest BCUT2D eigenvalue weighted by Crippen LogP contribution is -1.89. The van der Waals surface area contributed by atoms with Gasteiger partial charge in [-0.3, -0.25) is 0 Å². The van der Waals surface area contributed by atoms with Gasteiger partial charge in [0.05, 0.1) is 9.50 Å². The van der Waals surface area contributed by atoms with Crippen molar-refractivity contribution < 1.29 is 4.74 Å². The molecule has 1 aromatic carbocycles. The zero-order valence-electron chi connectivity index (χ0n) is 7.95. The summed E-state index contributed by atoms with van der Waals surface area (Å²) in [6, 6.07) is 9.12. The van der Waals surface area contributed by atoms with Crippen LogP contribution in [0.3, 0.4) is 0 Å². The maximum atomic E-state index is 5.98. The van der Waals surface area contributed by atoms with Crippen LogP contribution in [0.25, 0.3) is 0 Å². The molecule has 0 N–H and O–H groups in total. The molecule has 0 aliphatic heterocycles. The molecule has 0 fully saturated rings. The molecule has 0 bridgehead atoms. The number of aromatic nitrogens is 1. The molecule has 0 spiro atoms. The number of pyridine rings is 1. The Bertz CT molecular complexity index is 519. The van der Waals surface area contributed by atoms with Crippen molar-refractivity contribution in [3.8, 4) is 11.6 Å². The van der Waals surface area contributed by atoms with E-state index < -0.39 is 0 Å². The van der Waals surface area contributed by atoms with Crippen LogP contribution in [-0.4, -0.2) is 4.98 Å². The SMILES string of the molecule is Clc1ccccc1Oc1ncc(Br)cc1Br. The van der Waals surface area contributed by atoms with Crippen molar-refractivity contribution in [3.63, 3.8) is 0 Å². The van der Waals surface area contributed by atoms with Crippen LogP contribution in [0.1, 0.15) is 0 Å². The monoisotopic (exact) mass is 361 g/mol. The third kappa shape index (κ3) is 2.75. The summed E-state index contributed by atoms with van der Waals surface area (Å²) in [5.74, 6) is 1.07. The quantitative estimate of drug-likeness (QED) is 0.745. The summed E-state index contributed by atoms with van der Waals surface area (Å²) in [6.45, 7) is 0. The summed E-state index contributed by atoms with van der Waals surface area (Å²) in [4.78, 5) is 4.14. The van der Waals surface area contributed by atoms with Crippen LogP contribution in [-0.2, 0) is 0 Å². The highest BCUT2D eigenvalue weighted by Crippen LogP contribution is 2.32. The van der Waals surface area contributed by atoms with E-state index in [-0.39, 0.29) is 0 Å². The standard InChI is InChI=1S/C11H6Br2ClNO/c12-7-5-8(13)11(15-6-7)16-10-4-2-1-3-9(10)14/h1-6H. The van der Waals surface area contributed by atoms with Crippen molar-refractivity contribution in [2.24, 2.45) is 0 Å². The number of benzene rings is 1. The van der Waals surface area contributed by atoms with Gasteiger partial charge in [-0.25, -0.2) is 4.98 Å². The van der Waals surface area contributed by atoms with Crippen LogP contribution in [0.2, 0.25) is 5.02 Å². The first kappa shape index (κ1) is 11.9. The van der Waals surface area contributed by atoms with Crippen LogP contribution < -0.4 is 4.74 Å². The zero-order chi connectivity index (χ0) is 11.5. The molecule has 82 valence electrons. The van der Waals surface area contributed by atoms with Crippen molar-refractivity contribution in [3.05, 3.63) is 50.5 Å². The Hall–Kier alpha value is -0.580. The number of halogens is 3. The fourth-order valence-electron chi connectivity index (χ4n) is 1.11. The molecule has 0 saturated carbocycles. The lowest BCUT2D eigenvalue weighted by molar-refractivity contribution is 0.459. The summed E-state index contributed by atoms with van der Waals surface area (Å²) >= 11 is 12.7. The first-order valence-corrected chi connectivity index (χ1v) is 6.36. The minimum atomic E-state index is 0.483. The molecule has 0 amide bonds. The van der Waals surface area contributed by atoms with Crippen LogP contribution in [0.5, 0.6) is 11.6 Å². The Labute approximate surface area is 115 Å².